The fraction of sp³-hybridized carbons (Fsp3) is 0.0833. The minimum absolute atomic E-state index is 0.200. The van der Waals surface area contributed by atoms with Crippen molar-refractivity contribution in [2.45, 2.75) is 0 Å². The molecule has 0 bridgehead atoms. The molecule has 5 heteroatoms. The third-order valence-corrected chi connectivity index (χ3v) is 3.46. The van der Waals surface area contributed by atoms with E-state index < -0.39 is 5.97 Å². The number of methoxy groups -OCH3 is 1. The van der Waals surface area contributed by atoms with E-state index in [0.29, 0.717) is 10.6 Å². The number of aromatic hydroxyl groups is 1. The van der Waals surface area contributed by atoms with Crippen LogP contribution in [0.25, 0.3) is 10.4 Å². The van der Waals surface area contributed by atoms with Crippen LogP contribution in [0.3, 0.4) is 0 Å². The van der Waals surface area contributed by atoms with Crippen molar-refractivity contribution >= 4 is 23.0 Å². The van der Waals surface area contributed by atoms with E-state index in [-0.39, 0.29) is 5.75 Å². The largest absolute Gasteiger partial charge is 0.508 e. The van der Waals surface area contributed by atoms with Gasteiger partial charge in [-0.2, -0.15) is 0 Å². The Labute approximate surface area is 102 Å². The molecular formula is C12H11NO3S. The first kappa shape index (κ1) is 11.5. The van der Waals surface area contributed by atoms with Crippen molar-refractivity contribution in [3.8, 4) is 16.2 Å². The Hall–Kier alpha value is -2.01. The maximum atomic E-state index is 11.4. The number of nitrogen functional groups attached to an aromatic ring is 1. The molecular weight excluding hydrogens is 238 g/mol. The molecule has 0 aliphatic rings. The summed E-state index contributed by atoms with van der Waals surface area (Å²) in [5.41, 5.74) is 7.05. The number of rotatable bonds is 2. The van der Waals surface area contributed by atoms with Gasteiger partial charge in [0, 0.05) is 4.88 Å². The van der Waals surface area contributed by atoms with Gasteiger partial charge in [0.1, 0.15) is 10.6 Å². The highest BCUT2D eigenvalue weighted by atomic mass is 32.1. The molecule has 2 rings (SSSR count). The van der Waals surface area contributed by atoms with Crippen LogP contribution >= 0.6 is 11.3 Å². The van der Waals surface area contributed by atoms with E-state index in [0.717, 1.165) is 10.4 Å². The summed E-state index contributed by atoms with van der Waals surface area (Å²) in [7, 11) is 1.32. The Bertz CT molecular complexity index is 545. The average Bonchev–Trinajstić information content (AvgIpc) is 2.71. The molecule has 4 nitrogen and oxygen atoms in total. The third kappa shape index (κ3) is 2.24. The van der Waals surface area contributed by atoms with Gasteiger partial charge in [-0.25, -0.2) is 4.79 Å². The Morgan fingerprint density at radius 3 is 2.59 bits per heavy atom. The van der Waals surface area contributed by atoms with E-state index in [4.69, 9.17) is 5.73 Å². The van der Waals surface area contributed by atoms with Crippen molar-refractivity contribution in [3.63, 3.8) is 0 Å². The van der Waals surface area contributed by atoms with Gasteiger partial charge in [0.25, 0.3) is 0 Å². The molecule has 0 saturated carbocycles. The van der Waals surface area contributed by atoms with Crippen LogP contribution in [0, 0.1) is 0 Å². The zero-order chi connectivity index (χ0) is 12.4. The number of phenolic OH excluding ortho intramolecular Hbond substituents is 1. The molecule has 3 N–H and O–H groups in total. The van der Waals surface area contributed by atoms with E-state index in [9.17, 15) is 9.90 Å². The standard InChI is InChI=1S/C12H11NO3S/c1-16-12(15)11-9(13)6-10(17-11)7-2-4-8(14)5-3-7/h2-6,14H,13H2,1H3. The number of phenols is 1. The minimum Gasteiger partial charge on any atom is -0.508 e. The van der Waals surface area contributed by atoms with Crippen LogP contribution in [0.5, 0.6) is 5.75 Å². The Morgan fingerprint density at radius 2 is 2.00 bits per heavy atom. The number of anilines is 1. The number of carbonyl (C=O) groups excluding carboxylic acids is 1. The summed E-state index contributed by atoms with van der Waals surface area (Å²) in [6.45, 7) is 0. The van der Waals surface area contributed by atoms with E-state index in [2.05, 4.69) is 4.74 Å². The molecule has 1 aromatic carbocycles. The zero-order valence-corrected chi connectivity index (χ0v) is 9.95. The topological polar surface area (TPSA) is 72.5 Å². The lowest BCUT2D eigenvalue weighted by molar-refractivity contribution is 0.0607. The second kappa shape index (κ2) is 4.47. The predicted molar refractivity (Wildman–Crippen MR) is 67.2 cm³/mol. The normalized spacial score (nSPS) is 10.2. The number of hydrogen-bond donors (Lipinski definition) is 2. The lowest BCUT2D eigenvalue weighted by atomic mass is 10.2. The van der Waals surface area contributed by atoms with Gasteiger partial charge < -0.3 is 15.6 Å². The van der Waals surface area contributed by atoms with Crippen molar-refractivity contribution in [1.29, 1.82) is 0 Å². The summed E-state index contributed by atoms with van der Waals surface area (Å²) in [4.78, 5) is 12.7. The predicted octanol–water partition coefficient (Wildman–Crippen LogP) is 2.49. The summed E-state index contributed by atoms with van der Waals surface area (Å²) < 4.78 is 4.64. The van der Waals surface area contributed by atoms with E-state index in [1.54, 1.807) is 30.3 Å². The number of esters is 1. The molecule has 0 spiro atoms. The summed E-state index contributed by atoms with van der Waals surface area (Å²) in [6, 6.07) is 8.43. The van der Waals surface area contributed by atoms with Crippen molar-refractivity contribution in [3.05, 3.63) is 35.2 Å². The van der Waals surface area contributed by atoms with Crippen LogP contribution in [-0.4, -0.2) is 18.2 Å². The van der Waals surface area contributed by atoms with Gasteiger partial charge in [-0.1, -0.05) is 0 Å². The molecule has 0 atom stereocenters. The van der Waals surface area contributed by atoms with Crippen molar-refractivity contribution < 1.29 is 14.6 Å². The summed E-state index contributed by atoms with van der Waals surface area (Å²) in [5.74, 6) is -0.232. The SMILES string of the molecule is COC(=O)c1sc(-c2ccc(O)cc2)cc1N. The molecule has 17 heavy (non-hydrogen) atoms. The van der Waals surface area contributed by atoms with Crippen LogP contribution in [0.4, 0.5) is 5.69 Å². The van der Waals surface area contributed by atoms with Crippen LogP contribution in [0.15, 0.2) is 30.3 Å². The molecule has 0 radical (unpaired) electrons. The van der Waals surface area contributed by atoms with Crippen molar-refractivity contribution in [2.24, 2.45) is 0 Å². The average molecular weight is 249 g/mol. The lowest BCUT2D eigenvalue weighted by Gasteiger charge is -1.97. The second-order valence-electron chi connectivity index (χ2n) is 3.43. The van der Waals surface area contributed by atoms with Crippen LogP contribution in [0.2, 0.25) is 0 Å². The summed E-state index contributed by atoms with van der Waals surface area (Å²) in [6.07, 6.45) is 0. The van der Waals surface area contributed by atoms with Gasteiger partial charge in [-0.05, 0) is 35.9 Å². The van der Waals surface area contributed by atoms with Crippen LogP contribution < -0.4 is 5.73 Å². The number of carbonyl (C=O) groups is 1. The Kier molecular flexibility index (Phi) is 3.01. The molecule has 0 fully saturated rings. The first-order valence-electron chi connectivity index (χ1n) is 4.89. The molecule has 1 aromatic heterocycles. The number of thiophene rings is 1. The first-order valence-corrected chi connectivity index (χ1v) is 5.70. The maximum absolute atomic E-state index is 11.4. The van der Waals surface area contributed by atoms with E-state index in [1.165, 1.54) is 18.4 Å². The van der Waals surface area contributed by atoms with E-state index >= 15 is 0 Å². The summed E-state index contributed by atoms with van der Waals surface area (Å²) in [5, 5.41) is 9.19. The van der Waals surface area contributed by atoms with E-state index in [1.807, 2.05) is 0 Å². The highest BCUT2D eigenvalue weighted by molar-refractivity contribution is 7.18. The number of nitrogens with two attached hydrogens (primary N) is 1. The van der Waals surface area contributed by atoms with Crippen LogP contribution in [0.1, 0.15) is 9.67 Å². The molecule has 0 aliphatic heterocycles. The molecule has 0 aliphatic carbocycles. The minimum atomic E-state index is -0.433. The van der Waals surface area contributed by atoms with Gasteiger partial charge in [0.05, 0.1) is 12.8 Å². The van der Waals surface area contributed by atoms with Crippen molar-refractivity contribution in [2.75, 3.05) is 12.8 Å². The molecule has 1 heterocycles. The quantitative estimate of drug-likeness (QED) is 0.802. The van der Waals surface area contributed by atoms with Crippen molar-refractivity contribution in [1.82, 2.24) is 0 Å². The zero-order valence-electron chi connectivity index (χ0n) is 9.14. The monoisotopic (exact) mass is 249 g/mol. The Morgan fingerprint density at radius 1 is 1.35 bits per heavy atom. The van der Waals surface area contributed by atoms with Gasteiger partial charge in [-0.15, -0.1) is 11.3 Å². The maximum Gasteiger partial charge on any atom is 0.350 e. The highest BCUT2D eigenvalue weighted by Gasteiger charge is 2.15. The lowest BCUT2D eigenvalue weighted by Crippen LogP contribution is -2.00. The van der Waals surface area contributed by atoms with Crippen LogP contribution in [-0.2, 0) is 4.74 Å². The number of benzene rings is 1. The van der Waals surface area contributed by atoms with Gasteiger partial charge in [-0.3, -0.25) is 0 Å². The summed E-state index contributed by atoms with van der Waals surface area (Å²) >= 11 is 1.27. The second-order valence-corrected chi connectivity index (χ2v) is 4.49. The molecule has 88 valence electrons. The smallest absolute Gasteiger partial charge is 0.350 e. The molecule has 0 unspecified atom stereocenters. The molecule has 0 amide bonds. The van der Waals surface area contributed by atoms with Gasteiger partial charge in [0.15, 0.2) is 0 Å². The Balaban J connectivity index is 2.41. The number of ether oxygens (including phenoxy) is 1. The molecule has 0 saturated heterocycles. The number of hydrogen-bond acceptors (Lipinski definition) is 5. The first-order chi connectivity index (χ1) is 8.11. The van der Waals surface area contributed by atoms with Gasteiger partial charge >= 0.3 is 5.97 Å². The third-order valence-electron chi connectivity index (χ3n) is 2.28. The fourth-order valence-corrected chi connectivity index (χ4v) is 2.43. The van der Waals surface area contributed by atoms with Gasteiger partial charge in [0.2, 0.25) is 0 Å². The molecule has 2 aromatic rings. The fourth-order valence-electron chi connectivity index (χ4n) is 1.43. The highest BCUT2D eigenvalue weighted by Crippen LogP contribution is 2.34.